The second kappa shape index (κ2) is 14.2. The van der Waals surface area contributed by atoms with E-state index in [9.17, 15) is 5.11 Å². The molecule has 0 heterocycles. The van der Waals surface area contributed by atoms with Crippen molar-refractivity contribution in [3.8, 4) is 16.9 Å². The number of aromatic hydroxyl groups is 1. The predicted molar refractivity (Wildman–Crippen MR) is 205 cm³/mol. The second-order valence-electron chi connectivity index (χ2n) is 14.5. The summed E-state index contributed by atoms with van der Waals surface area (Å²) in [7, 11) is 0. The van der Waals surface area contributed by atoms with E-state index in [4.69, 9.17) is 0 Å². The topological polar surface area (TPSA) is 32.6 Å². The van der Waals surface area contributed by atoms with Gasteiger partial charge in [0.2, 0.25) is 0 Å². The number of para-hydroxylation sites is 1. The van der Waals surface area contributed by atoms with Crippen LogP contribution in [0.5, 0.6) is 5.75 Å². The van der Waals surface area contributed by atoms with Crippen LogP contribution >= 0.6 is 0 Å². The Morgan fingerprint density at radius 1 is 0.917 bits per heavy atom. The lowest BCUT2D eigenvalue weighted by atomic mass is 9.63. The molecule has 0 spiro atoms. The molecular formula is C46H49NO. The Balaban J connectivity index is 1.23. The molecular weight excluding hydrogens is 583 g/mol. The predicted octanol–water partition coefficient (Wildman–Crippen LogP) is 11.9. The van der Waals surface area contributed by atoms with Gasteiger partial charge in [0.1, 0.15) is 5.75 Å². The zero-order valence-electron chi connectivity index (χ0n) is 29.0. The van der Waals surface area contributed by atoms with Gasteiger partial charge >= 0.3 is 0 Å². The SMILES string of the molecule is C=C/C=C(\C=C/C/N=C/c1cccc(C(C)(C)C)c1O)CCCC(C)(C1=CCC2=C1C=CCC=C2)C1c2ccccc2-c2ccccc21. The van der Waals surface area contributed by atoms with E-state index in [1.165, 1.54) is 44.5 Å². The fourth-order valence-electron chi connectivity index (χ4n) is 7.97. The Kier molecular flexibility index (Phi) is 9.83. The number of fused-ring (bicyclic) bond motifs is 3. The molecule has 3 aliphatic carbocycles. The van der Waals surface area contributed by atoms with Crippen molar-refractivity contribution in [3.05, 3.63) is 173 Å². The summed E-state index contributed by atoms with van der Waals surface area (Å²) in [6.07, 6.45) is 27.0. The van der Waals surface area contributed by atoms with Gasteiger partial charge in [-0.2, -0.15) is 0 Å². The normalized spacial score (nSPS) is 17.4. The minimum atomic E-state index is -0.129. The molecule has 244 valence electrons. The lowest BCUT2D eigenvalue weighted by Gasteiger charge is -2.40. The van der Waals surface area contributed by atoms with E-state index in [0.717, 1.165) is 43.2 Å². The summed E-state index contributed by atoms with van der Waals surface area (Å²) >= 11 is 0. The smallest absolute Gasteiger partial charge is 0.128 e. The molecule has 0 aromatic heterocycles. The molecule has 3 aromatic rings. The molecule has 3 aromatic carbocycles. The molecule has 1 unspecified atom stereocenters. The van der Waals surface area contributed by atoms with E-state index in [1.54, 1.807) is 6.21 Å². The van der Waals surface area contributed by atoms with Crippen LogP contribution in [0.15, 0.2) is 155 Å². The van der Waals surface area contributed by atoms with Gasteiger partial charge in [0, 0.05) is 23.1 Å². The number of benzene rings is 3. The van der Waals surface area contributed by atoms with Gasteiger partial charge in [-0.05, 0) is 93.7 Å². The highest BCUT2D eigenvalue weighted by Crippen LogP contribution is 2.59. The summed E-state index contributed by atoms with van der Waals surface area (Å²) in [5.41, 5.74) is 12.7. The Morgan fingerprint density at radius 2 is 1.62 bits per heavy atom. The molecule has 0 aliphatic heterocycles. The third-order valence-corrected chi connectivity index (χ3v) is 10.3. The fraction of sp³-hybridized carbons (Fsp3) is 0.283. The minimum Gasteiger partial charge on any atom is -0.507 e. The first-order valence-corrected chi connectivity index (χ1v) is 17.5. The zero-order chi connectivity index (χ0) is 33.7. The lowest BCUT2D eigenvalue weighted by Crippen LogP contribution is -2.28. The number of phenols is 1. The van der Waals surface area contributed by atoms with Gasteiger partial charge in [0.25, 0.3) is 0 Å². The molecule has 0 saturated heterocycles. The van der Waals surface area contributed by atoms with E-state index in [1.807, 2.05) is 24.3 Å². The van der Waals surface area contributed by atoms with Crippen LogP contribution in [0.3, 0.4) is 0 Å². The van der Waals surface area contributed by atoms with Crippen molar-refractivity contribution in [2.45, 2.75) is 71.1 Å². The van der Waals surface area contributed by atoms with Crippen molar-refractivity contribution in [3.63, 3.8) is 0 Å². The Morgan fingerprint density at radius 3 is 2.33 bits per heavy atom. The van der Waals surface area contributed by atoms with Gasteiger partial charge in [-0.15, -0.1) is 0 Å². The van der Waals surface area contributed by atoms with E-state index in [2.05, 4.69) is 136 Å². The first kappa shape index (κ1) is 33.2. The van der Waals surface area contributed by atoms with Crippen LogP contribution in [-0.4, -0.2) is 17.9 Å². The monoisotopic (exact) mass is 631 g/mol. The number of rotatable bonds is 11. The summed E-state index contributed by atoms with van der Waals surface area (Å²) in [6.45, 7) is 13.4. The third kappa shape index (κ3) is 6.67. The van der Waals surface area contributed by atoms with E-state index in [0.29, 0.717) is 12.3 Å². The van der Waals surface area contributed by atoms with Gasteiger partial charge in [-0.3, -0.25) is 4.99 Å². The summed E-state index contributed by atoms with van der Waals surface area (Å²) in [5.74, 6) is 0.602. The molecule has 0 bridgehead atoms. The van der Waals surface area contributed by atoms with Crippen LogP contribution in [0.2, 0.25) is 0 Å². The molecule has 0 amide bonds. The van der Waals surface area contributed by atoms with Gasteiger partial charge in [0.15, 0.2) is 0 Å². The average molecular weight is 632 g/mol. The van der Waals surface area contributed by atoms with Gasteiger partial charge in [-0.25, -0.2) is 0 Å². The molecule has 3 aliphatic rings. The Hall–Kier alpha value is -4.69. The highest BCUT2D eigenvalue weighted by atomic mass is 16.3. The van der Waals surface area contributed by atoms with Crippen LogP contribution in [0, 0.1) is 5.41 Å². The van der Waals surface area contributed by atoms with Crippen LogP contribution in [-0.2, 0) is 5.41 Å². The van der Waals surface area contributed by atoms with Gasteiger partial charge in [-0.1, -0.05) is 150 Å². The largest absolute Gasteiger partial charge is 0.507 e. The van der Waals surface area contributed by atoms with Gasteiger partial charge in [0.05, 0.1) is 6.54 Å². The number of nitrogens with zero attached hydrogens (tertiary/aromatic N) is 1. The summed E-state index contributed by atoms with van der Waals surface area (Å²) < 4.78 is 0. The molecule has 2 nitrogen and oxygen atoms in total. The van der Waals surface area contributed by atoms with Crippen molar-refractivity contribution in [2.24, 2.45) is 10.4 Å². The summed E-state index contributed by atoms with van der Waals surface area (Å²) in [6, 6.07) is 24.0. The van der Waals surface area contributed by atoms with E-state index < -0.39 is 0 Å². The number of hydrogen-bond acceptors (Lipinski definition) is 2. The van der Waals surface area contributed by atoms with Crippen molar-refractivity contribution >= 4 is 6.21 Å². The van der Waals surface area contributed by atoms with Crippen LogP contribution in [0.4, 0.5) is 0 Å². The summed E-state index contributed by atoms with van der Waals surface area (Å²) in [4.78, 5) is 4.62. The van der Waals surface area contributed by atoms with Crippen LogP contribution in [0.1, 0.15) is 88.0 Å². The van der Waals surface area contributed by atoms with Crippen LogP contribution < -0.4 is 0 Å². The van der Waals surface area contributed by atoms with Gasteiger partial charge < -0.3 is 5.11 Å². The average Bonchev–Trinajstić information content (AvgIpc) is 3.55. The standard InChI is InChI=1S/C46H49NO/c1-6-17-33(19-16-31-47-32-35-21-14-27-42(44(35)48)45(2,3)4)18-15-30-46(5,41-29-28-34-20-8-7-9-22-36(34)41)43-39-25-12-10-23-37(39)38-24-11-13-26-40(38)43/h6,8-14,16-17,19-27,29,32,43,48H,1,7,15,18,28,30-31H2,2-5H3/b19-16-,33-17-,47-32+. The van der Waals surface area contributed by atoms with Crippen molar-refractivity contribution < 1.29 is 5.11 Å². The number of phenolic OH excluding ortho intramolecular Hbond substituents is 1. The maximum absolute atomic E-state index is 10.8. The molecule has 0 fully saturated rings. The number of aliphatic imine (C=N–C) groups is 1. The van der Waals surface area contributed by atoms with Crippen LogP contribution in [0.25, 0.3) is 11.1 Å². The quantitative estimate of drug-likeness (QED) is 0.166. The third-order valence-electron chi connectivity index (χ3n) is 10.3. The highest BCUT2D eigenvalue weighted by Gasteiger charge is 2.45. The molecule has 6 rings (SSSR count). The first-order valence-electron chi connectivity index (χ1n) is 17.5. The minimum absolute atomic E-state index is 0.0841. The molecule has 0 saturated carbocycles. The molecule has 2 heteroatoms. The maximum Gasteiger partial charge on any atom is 0.128 e. The second-order valence-corrected chi connectivity index (χ2v) is 14.5. The maximum atomic E-state index is 10.8. The van der Waals surface area contributed by atoms with Crippen molar-refractivity contribution in [1.82, 2.24) is 0 Å². The molecule has 1 atom stereocenters. The van der Waals surface area contributed by atoms with Crippen molar-refractivity contribution in [1.29, 1.82) is 0 Å². The molecule has 48 heavy (non-hydrogen) atoms. The molecule has 0 radical (unpaired) electrons. The number of hydrogen-bond donors (Lipinski definition) is 1. The summed E-state index contributed by atoms with van der Waals surface area (Å²) in [5, 5.41) is 10.8. The Bertz CT molecular complexity index is 1850. The van der Waals surface area contributed by atoms with E-state index >= 15 is 0 Å². The van der Waals surface area contributed by atoms with E-state index in [-0.39, 0.29) is 16.7 Å². The fourth-order valence-corrected chi connectivity index (χ4v) is 7.97. The Labute approximate surface area is 288 Å². The molecule has 1 N–H and O–H groups in total. The highest BCUT2D eigenvalue weighted by molar-refractivity contribution is 5.84. The lowest BCUT2D eigenvalue weighted by molar-refractivity contribution is 0.319. The number of allylic oxidation sites excluding steroid dienone is 12. The van der Waals surface area contributed by atoms with Crippen molar-refractivity contribution in [2.75, 3.05) is 6.54 Å². The zero-order valence-corrected chi connectivity index (χ0v) is 29.0. The first-order chi connectivity index (χ1) is 23.2.